The number of benzene rings is 2. The second-order valence-corrected chi connectivity index (χ2v) is 9.38. The van der Waals surface area contributed by atoms with Crippen molar-refractivity contribution in [2.75, 3.05) is 25.3 Å². The summed E-state index contributed by atoms with van der Waals surface area (Å²) in [6, 6.07) is 14.5. The molecule has 7 nitrogen and oxygen atoms in total. The van der Waals surface area contributed by atoms with E-state index in [1.807, 2.05) is 44.2 Å². The number of nitrogens with zero attached hydrogens (tertiary/aromatic N) is 2. The van der Waals surface area contributed by atoms with Crippen LogP contribution in [0.2, 0.25) is 0 Å². The fourth-order valence-electron chi connectivity index (χ4n) is 3.40. The largest absolute Gasteiger partial charge is 0.497 e. The normalized spacial score (nSPS) is 10.9. The molecule has 2 aromatic heterocycles. The van der Waals surface area contributed by atoms with Crippen molar-refractivity contribution in [1.29, 1.82) is 0 Å². The number of carbonyl (C=O) groups is 1. The third kappa shape index (κ3) is 4.60. The van der Waals surface area contributed by atoms with Gasteiger partial charge in [0.2, 0.25) is 5.91 Å². The number of thioether (sulfide) groups is 1. The molecule has 0 fully saturated rings. The first kappa shape index (κ1) is 22.9. The molecule has 2 heterocycles. The van der Waals surface area contributed by atoms with E-state index in [4.69, 9.17) is 14.5 Å². The number of aromatic nitrogens is 2. The molecule has 0 saturated carbocycles. The van der Waals surface area contributed by atoms with Gasteiger partial charge in [0.15, 0.2) is 5.16 Å². The molecule has 0 aliphatic carbocycles. The van der Waals surface area contributed by atoms with Crippen LogP contribution < -0.4 is 20.3 Å². The van der Waals surface area contributed by atoms with Gasteiger partial charge in [-0.25, -0.2) is 4.98 Å². The van der Waals surface area contributed by atoms with Crippen molar-refractivity contribution in [2.45, 2.75) is 19.0 Å². The maximum Gasteiger partial charge on any atom is 0.267 e. The topological polar surface area (TPSA) is 82.5 Å². The van der Waals surface area contributed by atoms with Crippen molar-refractivity contribution in [3.8, 4) is 17.2 Å². The zero-order chi connectivity index (χ0) is 23.5. The van der Waals surface area contributed by atoms with Gasteiger partial charge in [-0.2, -0.15) is 0 Å². The third-order valence-electron chi connectivity index (χ3n) is 5.20. The molecule has 9 heteroatoms. The lowest BCUT2D eigenvalue weighted by molar-refractivity contribution is -0.113. The molecule has 0 aliphatic rings. The Kier molecular flexibility index (Phi) is 6.71. The minimum absolute atomic E-state index is 0.0640. The number of methoxy groups -OCH3 is 2. The number of anilines is 1. The standard InChI is InChI=1S/C24H23N3O4S2/c1-14-15(2)33-22-21(14)23(29)27(16-8-6-5-7-9-16)24(26-22)32-13-20(28)25-18-12-17(30-3)10-11-19(18)31-4/h5-12H,13H2,1-4H3,(H,25,28). The molecule has 0 bridgehead atoms. The highest BCUT2D eigenvalue weighted by Gasteiger charge is 2.19. The van der Waals surface area contributed by atoms with Crippen molar-refractivity contribution in [1.82, 2.24) is 9.55 Å². The summed E-state index contributed by atoms with van der Waals surface area (Å²) in [5.74, 6) is 0.944. The summed E-state index contributed by atoms with van der Waals surface area (Å²) in [5.41, 5.74) is 2.02. The fourth-order valence-corrected chi connectivity index (χ4v) is 5.29. The third-order valence-corrected chi connectivity index (χ3v) is 7.24. The summed E-state index contributed by atoms with van der Waals surface area (Å²) in [4.78, 5) is 32.7. The highest BCUT2D eigenvalue weighted by atomic mass is 32.2. The van der Waals surface area contributed by atoms with Gasteiger partial charge in [0.05, 0.1) is 36.7 Å². The van der Waals surface area contributed by atoms with Crippen LogP contribution in [0.5, 0.6) is 11.5 Å². The first-order valence-corrected chi connectivity index (χ1v) is 12.0. The zero-order valence-corrected chi connectivity index (χ0v) is 20.3. The predicted molar refractivity (Wildman–Crippen MR) is 134 cm³/mol. The van der Waals surface area contributed by atoms with E-state index in [0.29, 0.717) is 38.2 Å². The summed E-state index contributed by atoms with van der Waals surface area (Å²) < 4.78 is 12.1. The van der Waals surface area contributed by atoms with Crippen LogP contribution in [-0.4, -0.2) is 35.4 Å². The number of amides is 1. The lowest BCUT2D eigenvalue weighted by Crippen LogP contribution is -2.22. The second-order valence-electron chi connectivity index (χ2n) is 7.24. The van der Waals surface area contributed by atoms with Gasteiger partial charge in [0, 0.05) is 10.9 Å². The van der Waals surface area contributed by atoms with Gasteiger partial charge in [-0.15, -0.1) is 11.3 Å². The minimum Gasteiger partial charge on any atom is -0.497 e. The van der Waals surface area contributed by atoms with Crippen LogP contribution in [0.3, 0.4) is 0 Å². The first-order chi connectivity index (χ1) is 15.9. The van der Waals surface area contributed by atoms with Crippen LogP contribution in [0, 0.1) is 13.8 Å². The van der Waals surface area contributed by atoms with Crippen molar-refractivity contribution in [3.05, 3.63) is 69.3 Å². The summed E-state index contributed by atoms with van der Waals surface area (Å²) >= 11 is 2.70. The number of para-hydroxylation sites is 1. The van der Waals surface area contributed by atoms with Gasteiger partial charge in [0.1, 0.15) is 16.3 Å². The fraction of sp³-hybridized carbons (Fsp3) is 0.208. The highest BCUT2D eigenvalue weighted by molar-refractivity contribution is 7.99. The number of aryl methyl sites for hydroxylation is 2. The van der Waals surface area contributed by atoms with Crippen LogP contribution in [0.4, 0.5) is 5.69 Å². The Morgan fingerprint density at radius 2 is 1.88 bits per heavy atom. The van der Waals surface area contributed by atoms with E-state index in [9.17, 15) is 9.59 Å². The van der Waals surface area contributed by atoms with E-state index in [1.54, 1.807) is 29.9 Å². The molecular formula is C24H23N3O4S2. The summed E-state index contributed by atoms with van der Waals surface area (Å²) in [5, 5.41) is 3.94. The van der Waals surface area contributed by atoms with Crippen molar-refractivity contribution in [3.63, 3.8) is 0 Å². The molecule has 0 spiro atoms. The molecule has 170 valence electrons. The minimum atomic E-state index is -0.251. The number of ether oxygens (including phenoxy) is 2. The van der Waals surface area contributed by atoms with Crippen molar-refractivity contribution in [2.24, 2.45) is 0 Å². The number of thiophene rings is 1. The predicted octanol–water partition coefficient (Wildman–Crippen LogP) is 4.81. The number of rotatable bonds is 7. The molecule has 1 N–H and O–H groups in total. The van der Waals surface area contributed by atoms with Crippen LogP contribution in [0.25, 0.3) is 15.9 Å². The Morgan fingerprint density at radius 1 is 1.12 bits per heavy atom. The number of fused-ring (bicyclic) bond motifs is 1. The highest BCUT2D eigenvalue weighted by Crippen LogP contribution is 2.31. The monoisotopic (exact) mass is 481 g/mol. The molecule has 33 heavy (non-hydrogen) atoms. The molecule has 1 amide bonds. The Bertz CT molecular complexity index is 1380. The quantitative estimate of drug-likeness (QED) is 0.301. The molecule has 0 aliphatic heterocycles. The zero-order valence-electron chi connectivity index (χ0n) is 18.7. The molecule has 0 atom stereocenters. The van der Waals surface area contributed by atoms with E-state index in [2.05, 4.69) is 5.32 Å². The Balaban J connectivity index is 1.66. The Labute approximate surface area is 199 Å². The van der Waals surface area contributed by atoms with Crippen LogP contribution in [-0.2, 0) is 4.79 Å². The van der Waals surface area contributed by atoms with E-state index in [0.717, 1.165) is 10.4 Å². The van der Waals surface area contributed by atoms with Gasteiger partial charge in [-0.1, -0.05) is 30.0 Å². The summed E-state index contributed by atoms with van der Waals surface area (Å²) in [6.07, 6.45) is 0. The smallest absolute Gasteiger partial charge is 0.267 e. The molecule has 4 rings (SSSR count). The summed E-state index contributed by atoms with van der Waals surface area (Å²) in [7, 11) is 3.09. The Morgan fingerprint density at radius 3 is 2.58 bits per heavy atom. The SMILES string of the molecule is COc1ccc(OC)c(NC(=O)CSc2nc3sc(C)c(C)c3c(=O)n2-c2ccccc2)c1. The van der Waals surface area contributed by atoms with Gasteiger partial charge in [-0.3, -0.25) is 14.2 Å². The van der Waals surface area contributed by atoms with E-state index in [-0.39, 0.29) is 17.2 Å². The second kappa shape index (κ2) is 9.68. The van der Waals surface area contributed by atoms with Crippen LogP contribution in [0.15, 0.2) is 58.5 Å². The first-order valence-electron chi connectivity index (χ1n) is 10.2. The van der Waals surface area contributed by atoms with Crippen LogP contribution >= 0.6 is 23.1 Å². The van der Waals surface area contributed by atoms with Gasteiger partial charge in [-0.05, 0) is 43.7 Å². The number of hydrogen-bond acceptors (Lipinski definition) is 7. The molecule has 2 aromatic carbocycles. The number of nitrogens with one attached hydrogen (secondary N) is 1. The summed E-state index contributed by atoms with van der Waals surface area (Å²) in [6.45, 7) is 3.92. The van der Waals surface area contributed by atoms with Crippen LogP contribution in [0.1, 0.15) is 10.4 Å². The average Bonchev–Trinajstić information content (AvgIpc) is 3.11. The van der Waals surface area contributed by atoms with Crippen molar-refractivity contribution >= 4 is 44.9 Å². The molecule has 0 radical (unpaired) electrons. The van der Waals surface area contributed by atoms with Gasteiger partial charge >= 0.3 is 0 Å². The van der Waals surface area contributed by atoms with Gasteiger partial charge in [0.25, 0.3) is 5.56 Å². The van der Waals surface area contributed by atoms with E-state index in [1.165, 1.54) is 30.2 Å². The number of hydrogen-bond donors (Lipinski definition) is 1. The average molecular weight is 482 g/mol. The van der Waals surface area contributed by atoms with E-state index < -0.39 is 0 Å². The van der Waals surface area contributed by atoms with Gasteiger partial charge < -0.3 is 14.8 Å². The lowest BCUT2D eigenvalue weighted by Gasteiger charge is -2.13. The molecule has 0 unspecified atom stereocenters. The number of carbonyl (C=O) groups excluding carboxylic acids is 1. The molecule has 0 saturated heterocycles. The van der Waals surface area contributed by atoms with E-state index >= 15 is 0 Å². The Hall–Kier alpha value is -3.30. The molecular weight excluding hydrogens is 458 g/mol. The maximum atomic E-state index is 13.5. The maximum absolute atomic E-state index is 13.5. The van der Waals surface area contributed by atoms with Crippen molar-refractivity contribution < 1.29 is 14.3 Å². The lowest BCUT2D eigenvalue weighted by atomic mass is 10.2. The molecule has 4 aromatic rings.